The summed E-state index contributed by atoms with van der Waals surface area (Å²) in [6.07, 6.45) is -0.313. The Labute approximate surface area is 204 Å². The minimum Gasteiger partial charge on any atom is -0.489 e. The third-order valence-electron chi connectivity index (χ3n) is 6.42. The number of alkyl halides is 3. The van der Waals surface area contributed by atoms with Crippen LogP contribution in [0.1, 0.15) is 58.1 Å². The van der Waals surface area contributed by atoms with Gasteiger partial charge in [0.15, 0.2) is 14.9 Å². The van der Waals surface area contributed by atoms with Crippen LogP contribution in [-0.2, 0) is 19.3 Å². The Bertz CT molecular complexity index is 999. The molecule has 8 nitrogen and oxygen atoms in total. The first-order valence-electron chi connectivity index (χ1n) is 11.7. The van der Waals surface area contributed by atoms with Crippen molar-refractivity contribution >= 4 is 15.9 Å². The molecular formula is C23H33F3N2O6S. The van der Waals surface area contributed by atoms with E-state index in [0.717, 1.165) is 45.8 Å². The number of carbonyl (C=O) groups is 1. The van der Waals surface area contributed by atoms with Gasteiger partial charge in [-0.2, -0.15) is 13.2 Å². The number of hydrogen-bond acceptors (Lipinski definition) is 7. The average Bonchev–Trinajstić information content (AvgIpc) is 2.75. The first-order valence-corrected chi connectivity index (χ1v) is 13.6. The third-order valence-corrected chi connectivity index (χ3v) is 7.40. The Hall–Kier alpha value is -2.08. The van der Waals surface area contributed by atoms with E-state index in [1.807, 2.05) is 0 Å². The number of aromatic nitrogens is 1. The molecule has 0 spiro atoms. The largest absolute Gasteiger partial charge is 0.489 e. The quantitative estimate of drug-likeness (QED) is 0.545. The van der Waals surface area contributed by atoms with E-state index in [0.29, 0.717) is 24.3 Å². The van der Waals surface area contributed by atoms with Crippen molar-refractivity contribution in [2.24, 2.45) is 0 Å². The number of pyridine rings is 1. The molecule has 1 aromatic rings. The molecule has 0 N–H and O–H groups in total. The number of rotatable bonds is 6. The maximum absolute atomic E-state index is 13.0. The molecule has 3 rings (SSSR count). The van der Waals surface area contributed by atoms with E-state index in [1.165, 1.54) is 11.0 Å². The smallest absolute Gasteiger partial charge is 0.427 e. The van der Waals surface area contributed by atoms with E-state index < -0.39 is 27.7 Å². The Morgan fingerprint density at radius 2 is 1.54 bits per heavy atom. The Kier molecular flexibility index (Phi) is 8.25. The summed E-state index contributed by atoms with van der Waals surface area (Å²) in [6, 6.07) is 3.08. The van der Waals surface area contributed by atoms with Crippen LogP contribution in [0.4, 0.5) is 18.0 Å². The number of piperidine rings is 1. The maximum Gasteiger partial charge on any atom is 0.427 e. The van der Waals surface area contributed by atoms with Crippen LogP contribution in [0.25, 0.3) is 0 Å². The number of nitrogens with zero attached hydrogens (tertiary/aromatic N) is 2. The molecule has 0 atom stereocenters. The first-order chi connectivity index (χ1) is 16.2. The van der Waals surface area contributed by atoms with E-state index in [-0.39, 0.29) is 36.4 Å². The zero-order valence-electron chi connectivity index (χ0n) is 20.4. The summed E-state index contributed by atoms with van der Waals surface area (Å²) in [5.74, 6) is 0.565. The number of ether oxygens (including phenoxy) is 3. The molecule has 2 aliphatic rings. The van der Waals surface area contributed by atoms with Crippen molar-refractivity contribution in [3.8, 4) is 5.75 Å². The van der Waals surface area contributed by atoms with Gasteiger partial charge in [0.25, 0.3) is 0 Å². The molecule has 12 heteroatoms. The van der Waals surface area contributed by atoms with Crippen molar-refractivity contribution in [3.05, 3.63) is 17.8 Å². The number of likely N-dealkylation sites (tertiary alicyclic amines) is 1. The lowest BCUT2D eigenvalue weighted by molar-refractivity contribution is -0.246. The molecule has 198 valence electrons. The van der Waals surface area contributed by atoms with Gasteiger partial charge in [-0.05, 0) is 71.4 Å². The summed E-state index contributed by atoms with van der Waals surface area (Å²) in [6.45, 7) is 3.95. The van der Waals surface area contributed by atoms with E-state index in [2.05, 4.69) is 4.98 Å². The lowest BCUT2D eigenvalue weighted by atomic mass is 9.94. The van der Waals surface area contributed by atoms with Crippen LogP contribution in [-0.4, -0.2) is 73.8 Å². The molecule has 0 aromatic carbocycles. The fourth-order valence-electron chi connectivity index (χ4n) is 4.11. The van der Waals surface area contributed by atoms with Gasteiger partial charge >= 0.3 is 12.3 Å². The van der Waals surface area contributed by atoms with Crippen LogP contribution in [0, 0.1) is 6.92 Å². The molecule has 35 heavy (non-hydrogen) atoms. The highest BCUT2D eigenvalue weighted by atomic mass is 32.2. The zero-order valence-corrected chi connectivity index (χ0v) is 21.2. The van der Waals surface area contributed by atoms with E-state index in [1.54, 1.807) is 13.0 Å². The fourth-order valence-corrected chi connectivity index (χ4v) is 4.73. The van der Waals surface area contributed by atoms with Crippen LogP contribution in [0.3, 0.4) is 0 Å². The zero-order chi connectivity index (χ0) is 26.0. The van der Waals surface area contributed by atoms with Gasteiger partial charge < -0.3 is 19.1 Å². The SMILES string of the molecule is Cc1nc(S(C)(=O)=O)ccc1O[C@H]1CC[C@H](OC2CCN(C(=O)OC(C)(C)C(F)(F)F)CC2)CC1. The van der Waals surface area contributed by atoms with Crippen molar-refractivity contribution in [2.75, 3.05) is 19.3 Å². The van der Waals surface area contributed by atoms with Crippen molar-refractivity contribution in [3.63, 3.8) is 0 Å². The van der Waals surface area contributed by atoms with Crippen molar-refractivity contribution in [1.82, 2.24) is 9.88 Å². The second-order valence-corrected chi connectivity index (χ2v) is 11.7. The Balaban J connectivity index is 1.41. The first kappa shape index (κ1) is 27.5. The molecular weight excluding hydrogens is 489 g/mol. The predicted octanol–water partition coefficient (Wildman–Crippen LogP) is 4.44. The van der Waals surface area contributed by atoms with Crippen LogP contribution >= 0.6 is 0 Å². The molecule has 1 aliphatic carbocycles. The predicted molar refractivity (Wildman–Crippen MR) is 121 cm³/mol. The molecule has 0 radical (unpaired) electrons. The van der Waals surface area contributed by atoms with Crippen molar-refractivity contribution in [2.45, 2.75) is 94.4 Å². The van der Waals surface area contributed by atoms with Gasteiger partial charge in [-0.3, -0.25) is 0 Å². The van der Waals surface area contributed by atoms with Gasteiger partial charge in [-0.1, -0.05) is 0 Å². The maximum atomic E-state index is 13.0. The van der Waals surface area contributed by atoms with Crippen molar-refractivity contribution in [1.29, 1.82) is 0 Å². The lowest BCUT2D eigenvalue weighted by Gasteiger charge is -2.37. The number of amides is 1. The molecule has 0 bridgehead atoms. The second kappa shape index (κ2) is 10.5. The van der Waals surface area contributed by atoms with E-state index in [9.17, 15) is 26.4 Å². The molecule has 1 saturated heterocycles. The van der Waals surface area contributed by atoms with Crippen molar-refractivity contribution < 1.29 is 40.6 Å². The Morgan fingerprint density at radius 1 is 1.00 bits per heavy atom. The van der Waals surface area contributed by atoms with E-state index in [4.69, 9.17) is 14.2 Å². The van der Waals surface area contributed by atoms with Gasteiger partial charge in [0, 0.05) is 19.3 Å². The van der Waals surface area contributed by atoms with Crippen LogP contribution < -0.4 is 4.74 Å². The Morgan fingerprint density at radius 3 is 2.06 bits per heavy atom. The molecule has 1 amide bonds. The summed E-state index contributed by atoms with van der Waals surface area (Å²) in [4.78, 5) is 17.6. The second-order valence-electron chi connectivity index (χ2n) is 9.72. The summed E-state index contributed by atoms with van der Waals surface area (Å²) in [7, 11) is -3.38. The number of halogens is 3. The van der Waals surface area contributed by atoms with Gasteiger partial charge in [0.2, 0.25) is 5.60 Å². The number of carbonyl (C=O) groups excluding carboxylic acids is 1. The highest BCUT2D eigenvalue weighted by Crippen LogP contribution is 2.34. The molecule has 2 heterocycles. The van der Waals surface area contributed by atoms with Crippen LogP contribution in [0.15, 0.2) is 17.2 Å². The molecule has 1 aromatic heterocycles. The minimum absolute atomic E-state index is 0.0165. The van der Waals surface area contributed by atoms with Gasteiger partial charge in [0.05, 0.1) is 24.0 Å². The normalized spacial score (nSPS) is 22.7. The average molecular weight is 523 g/mol. The number of sulfone groups is 1. The minimum atomic E-state index is -4.64. The van der Waals surface area contributed by atoms with Crippen LogP contribution in [0.5, 0.6) is 5.75 Å². The number of hydrogen-bond donors (Lipinski definition) is 0. The molecule has 2 fully saturated rings. The summed E-state index contributed by atoms with van der Waals surface area (Å²) < 4.78 is 79.1. The number of aryl methyl sites for hydroxylation is 1. The van der Waals surface area contributed by atoms with Crippen LogP contribution in [0.2, 0.25) is 0 Å². The lowest BCUT2D eigenvalue weighted by Crippen LogP contribution is -2.49. The summed E-state index contributed by atoms with van der Waals surface area (Å²) >= 11 is 0. The monoisotopic (exact) mass is 522 g/mol. The highest BCUT2D eigenvalue weighted by Gasteiger charge is 2.51. The van der Waals surface area contributed by atoms with Gasteiger partial charge in [-0.15, -0.1) is 0 Å². The van der Waals surface area contributed by atoms with Gasteiger partial charge in [0.1, 0.15) is 5.75 Å². The summed E-state index contributed by atoms with van der Waals surface area (Å²) in [5.41, 5.74) is -2.02. The highest BCUT2D eigenvalue weighted by molar-refractivity contribution is 7.90. The standard InChI is InChI=1S/C23H33F3N2O6S/c1-15-19(9-10-20(27-15)35(4,30)31)33-17-7-5-16(6-8-17)32-18-11-13-28(14-12-18)21(29)34-22(2,3)23(24,25)26/h9-10,16-18H,5-8,11-14H2,1-4H3/t16-,17-. The topological polar surface area (TPSA) is 95.0 Å². The van der Waals surface area contributed by atoms with E-state index >= 15 is 0 Å². The van der Waals surface area contributed by atoms with Gasteiger partial charge in [-0.25, -0.2) is 18.2 Å². The molecule has 0 unspecified atom stereocenters. The fraction of sp³-hybridized carbons (Fsp3) is 0.739. The molecule has 1 saturated carbocycles. The third kappa shape index (κ3) is 7.22. The summed E-state index contributed by atoms with van der Waals surface area (Å²) in [5, 5.41) is 0.0165. The molecule has 1 aliphatic heterocycles.